The van der Waals surface area contributed by atoms with Crippen LogP contribution < -0.4 is 0 Å². The molecule has 35 heavy (non-hydrogen) atoms. The number of halogens is 1. The minimum absolute atomic E-state index is 0.0996. The lowest BCUT2D eigenvalue weighted by molar-refractivity contribution is -0.145. The summed E-state index contributed by atoms with van der Waals surface area (Å²) in [5.74, 6) is 12.3. The Bertz CT molecular complexity index is 761. The Balaban J connectivity index is 1.83. The van der Waals surface area contributed by atoms with Gasteiger partial charge in [0.1, 0.15) is 6.61 Å². The van der Waals surface area contributed by atoms with Gasteiger partial charge in [-0.2, -0.15) is 0 Å². The highest BCUT2D eigenvalue weighted by Crippen LogP contribution is 2.13. The molecule has 0 saturated heterocycles. The van der Waals surface area contributed by atoms with Crippen LogP contribution in [0.25, 0.3) is 0 Å². The van der Waals surface area contributed by atoms with Gasteiger partial charge in [0.15, 0.2) is 0 Å². The van der Waals surface area contributed by atoms with Crippen molar-refractivity contribution in [3.8, 4) is 23.7 Å². The van der Waals surface area contributed by atoms with Crippen molar-refractivity contribution in [1.82, 2.24) is 0 Å². The van der Waals surface area contributed by atoms with Crippen LogP contribution in [0, 0.1) is 23.7 Å². The van der Waals surface area contributed by atoms with Gasteiger partial charge in [-0.3, -0.25) is 4.79 Å². The predicted molar refractivity (Wildman–Crippen MR) is 153 cm³/mol. The Morgan fingerprint density at radius 3 is 1.66 bits per heavy atom. The zero-order chi connectivity index (χ0) is 25.2. The maximum atomic E-state index is 11.8. The molecular formula is C32H47BrO2. The van der Waals surface area contributed by atoms with Crippen molar-refractivity contribution in [3.63, 3.8) is 0 Å². The molecule has 194 valence electrons. The van der Waals surface area contributed by atoms with Crippen LogP contribution in [0.1, 0.15) is 134 Å². The van der Waals surface area contributed by atoms with Gasteiger partial charge in [-0.1, -0.05) is 130 Å². The molecule has 1 aromatic carbocycles. The van der Waals surface area contributed by atoms with Crippen molar-refractivity contribution >= 4 is 21.9 Å². The normalized spacial score (nSPS) is 10.2. The maximum absolute atomic E-state index is 11.8. The van der Waals surface area contributed by atoms with E-state index in [2.05, 4.69) is 46.5 Å². The van der Waals surface area contributed by atoms with Crippen molar-refractivity contribution in [2.75, 3.05) is 0 Å². The molecule has 0 aliphatic carbocycles. The smallest absolute Gasteiger partial charge is 0.306 e. The van der Waals surface area contributed by atoms with Crippen molar-refractivity contribution in [2.45, 2.75) is 136 Å². The summed E-state index contributed by atoms with van der Waals surface area (Å²) in [5.41, 5.74) is 1.02. The fourth-order valence-corrected chi connectivity index (χ4v) is 4.19. The Hall–Kier alpha value is -1.71. The number of hydrogen-bond donors (Lipinski definition) is 0. The van der Waals surface area contributed by atoms with Gasteiger partial charge in [-0.15, -0.1) is 0 Å². The van der Waals surface area contributed by atoms with E-state index in [0.717, 1.165) is 42.1 Å². The quantitative estimate of drug-likeness (QED) is 0.0929. The molecule has 2 nitrogen and oxygen atoms in total. The van der Waals surface area contributed by atoms with Crippen molar-refractivity contribution < 1.29 is 9.53 Å². The molecular weight excluding hydrogens is 496 g/mol. The molecule has 0 fully saturated rings. The summed E-state index contributed by atoms with van der Waals surface area (Å²) in [6, 6.07) is 7.85. The van der Waals surface area contributed by atoms with Crippen molar-refractivity contribution in [3.05, 3.63) is 34.3 Å². The molecule has 0 aromatic heterocycles. The number of unbranched alkanes of at least 4 members (excludes halogenated alkanes) is 16. The third-order valence-corrected chi connectivity index (χ3v) is 6.67. The minimum atomic E-state index is -0.0996. The lowest BCUT2D eigenvalue weighted by Crippen LogP contribution is -2.04. The number of carbonyl (C=O) groups is 1. The molecule has 1 aromatic rings. The van der Waals surface area contributed by atoms with E-state index < -0.39 is 0 Å². The largest absolute Gasteiger partial charge is 0.461 e. The van der Waals surface area contributed by atoms with E-state index in [1.807, 2.05) is 24.3 Å². The van der Waals surface area contributed by atoms with Crippen molar-refractivity contribution in [1.29, 1.82) is 0 Å². The molecule has 3 heteroatoms. The van der Waals surface area contributed by atoms with Crippen LogP contribution in [-0.2, 0) is 16.1 Å². The van der Waals surface area contributed by atoms with Crippen LogP contribution in [0.3, 0.4) is 0 Å². The highest BCUT2D eigenvalue weighted by atomic mass is 79.9. The highest BCUT2D eigenvalue weighted by Gasteiger charge is 2.03. The first-order valence-corrected chi connectivity index (χ1v) is 14.9. The second-order valence-electron chi connectivity index (χ2n) is 9.44. The van der Waals surface area contributed by atoms with Crippen LogP contribution in [0.4, 0.5) is 0 Å². The molecule has 0 aliphatic heterocycles. The second-order valence-corrected chi connectivity index (χ2v) is 10.4. The third kappa shape index (κ3) is 21.3. The first-order chi connectivity index (χ1) is 17.2. The number of esters is 1. The Morgan fingerprint density at radius 1 is 0.686 bits per heavy atom. The Labute approximate surface area is 224 Å². The lowest BCUT2D eigenvalue weighted by Gasteiger charge is -2.05. The monoisotopic (exact) mass is 542 g/mol. The molecule has 0 spiro atoms. The van der Waals surface area contributed by atoms with Crippen LogP contribution >= 0.6 is 15.9 Å². The summed E-state index contributed by atoms with van der Waals surface area (Å²) >= 11 is 3.40. The summed E-state index contributed by atoms with van der Waals surface area (Å²) in [5, 5.41) is 0. The number of rotatable bonds is 20. The molecule has 1 rings (SSSR count). The fourth-order valence-electron chi connectivity index (χ4n) is 3.92. The molecule has 0 heterocycles. The molecule has 0 unspecified atom stereocenters. The van der Waals surface area contributed by atoms with Gasteiger partial charge in [0.2, 0.25) is 0 Å². The molecule has 0 atom stereocenters. The van der Waals surface area contributed by atoms with Gasteiger partial charge >= 0.3 is 5.97 Å². The zero-order valence-corrected chi connectivity index (χ0v) is 23.7. The molecule has 0 amide bonds. The molecule has 0 saturated carbocycles. The average molecular weight is 544 g/mol. The van der Waals surface area contributed by atoms with Crippen molar-refractivity contribution in [2.24, 2.45) is 0 Å². The SMILES string of the molecule is CCCCCCCCCCCCC#CC#CCCCCCCCCC(=O)OCc1ccc(Br)cc1. The second kappa shape index (κ2) is 24.0. The summed E-state index contributed by atoms with van der Waals surface area (Å²) in [6.45, 7) is 2.63. The van der Waals surface area contributed by atoms with Crippen LogP contribution in [0.2, 0.25) is 0 Å². The molecule has 0 N–H and O–H groups in total. The Morgan fingerprint density at radius 2 is 1.14 bits per heavy atom. The van der Waals surface area contributed by atoms with E-state index in [4.69, 9.17) is 4.74 Å². The van der Waals surface area contributed by atoms with E-state index in [0.29, 0.717) is 13.0 Å². The topological polar surface area (TPSA) is 26.3 Å². The number of carbonyl (C=O) groups excluding carboxylic acids is 1. The lowest BCUT2D eigenvalue weighted by atomic mass is 10.1. The number of benzene rings is 1. The highest BCUT2D eigenvalue weighted by molar-refractivity contribution is 9.10. The van der Waals surface area contributed by atoms with Gasteiger partial charge in [-0.25, -0.2) is 0 Å². The molecule has 0 aliphatic rings. The number of hydrogen-bond acceptors (Lipinski definition) is 2. The van der Waals surface area contributed by atoms with E-state index in [1.165, 1.54) is 83.5 Å². The zero-order valence-electron chi connectivity index (χ0n) is 22.1. The molecule has 0 bridgehead atoms. The molecule has 0 radical (unpaired) electrons. The fraction of sp³-hybridized carbons (Fsp3) is 0.656. The summed E-state index contributed by atoms with van der Waals surface area (Å²) in [7, 11) is 0. The van der Waals surface area contributed by atoms with Crippen LogP contribution in [0.5, 0.6) is 0 Å². The summed E-state index contributed by atoms with van der Waals surface area (Å²) in [4.78, 5) is 11.8. The van der Waals surface area contributed by atoms with E-state index in [-0.39, 0.29) is 5.97 Å². The van der Waals surface area contributed by atoms with Gasteiger partial charge in [0, 0.05) is 23.7 Å². The van der Waals surface area contributed by atoms with Crippen LogP contribution in [-0.4, -0.2) is 5.97 Å². The van der Waals surface area contributed by atoms with E-state index >= 15 is 0 Å². The summed E-state index contributed by atoms with van der Waals surface area (Å²) < 4.78 is 6.36. The Kier molecular flexibility index (Phi) is 21.5. The van der Waals surface area contributed by atoms with Gasteiger partial charge in [0.25, 0.3) is 0 Å². The average Bonchev–Trinajstić information content (AvgIpc) is 2.86. The number of ether oxygens (including phenoxy) is 1. The predicted octanol–water partition coefficient (Wildman–Crippen LogP) is 9.93. The maximum Gasteiger partial charge on any atom is 0.306 e. The van der Waals surface area contributed by atoms with E-state index in [9.17, 15) is 4.79 Å². The minimum Gasteiger partial charge on any atom is -0.461 e. The van der Waals surface area contributed by atoms with Crippen LogP contribution in [0.15, 0.2) is 28.7 Å². The standard InChI is InChI=1S/C32H47BrO2/c1-2-3-4-5-6-7-8-9-10-11-12-13-14-15-16-17-18-19-20-21-22-23-24-32(34)35-29-30-25-27-31(33)28-26-30/h25-28H,2-12,17-24,29H2,1H3. The summed E-state index contributed by atoms with van der Waals surface area (Å²) in [6.07, 6.45) is 22.8. The van der Waals surface area contributed by atoms with E-state index in [1.54, 1.807) is 0 Å². The van der Waals surface area contributed by atoms with Gasteiger partial charge < -0.3 is 4.74 Å². The van der Waals surface area contributed by atoms with Gasteiger partial charge in [-0.05, 0) is 48.8 Å². The first-order valence-electron chi connectivity index (χ1n) is 14.1. The third-order valence-electron chi connectivity index (χ3n) is 6.14. The first kappa shape index (κ1) is 31.3. The van der Waals surface area contributed by atoms with Gasteiger partial charge in [0.05, 0.1) is 0 Å².